The second kappa shape index (κ2) is 3.53. The lowest BCUT2D eigenvalue weighted by Gasteiger charge is -2.04. The van der Waals surface area contributed by atoms with Gasteiger partial charge in [0.1, 0.15) is 10.3 Å². The highest BCUT2D eigenvalue weighted by atomic mass is 79.9. The largest absolute Gasteiger partial charge is 0.375 e. The maximum Gasteiger partial charge on any atom is 0.296 e. The highest BCUT2D eigenvalue weighted by Gasteiger charge is 2.25. The summed E-state index contributed by atoms with van der Waals surface area (Å²) in [5, 5.41) is 13.8. The highest BCUT2D eigenvalue weighted by Crippen LogP contribution is 2.31. The lowest BCUT2D eigenvalue weighted by atomic mass is 10.3. The van der Waals surface area contributed by atoms with E-state index >= 15 is 0 Å². The van der Waals surface area contributed by atoms with E-state index < -0.39 is 4.92 Å². The first-order chi connectivity index (χ1) is 6.66. The van der Waals surface area contributed by atoms with E-state index in [4.69, 9.17) is 0 Å². The Balaban J connectivity index is 2.31. The molecule has 0 aromatic carbocycles. The summed E-state index contributed by atoms with van der Waals surface area (Å²) in [6.45, 7) is 0. The molecular formula is C8H8BrN3O2. The van der Waals surface area contributed by atoms with Crippen molar-refractivity contribution in [2.75, 3.05) is 5.32 Å². The lowest BCUT2D eigenvalue weighted by Crippen LogP contribution is -2.04. The Labute approximate surface area is 88.8 Å². The predicted octanol–water partition coefficient (Wildman–Crippen LogP) is 2.33. The van der Waals surface area contributed by atoms with E-state index in [-0.39, 0.29) is 5.69 Å². The number of aromatic nitrogens is 1. The van der Waals surface area contributed by atoms with Gasteiger partial charge in [0.25, 0.3) is 5.69 Å². The topological polar surface area (TPSA) is 68.1 Å². The van der Waals surface area contributed by atoms with Crippen molar-refractivity contribution in [2.45, 2.75) is 18.9 Å². The van der Waals surface area contributed by atoms with Crippen molar-refractivity contribution in [3.05, 3.63) is 27.0 Å². The fourth-order valence-corrected chi connectivity index (χ4v) is 1.45. The number of nitrogens with one attached hydrogen (secondary N) is 1. The van der Waals surface area contributed by atoms with E-state index in [1.165, 1.54) is 12.3 Å². The molecule has 0 saturated heterocycles. The Bertz CT molecular complexity index is 379. The van der Waals surface area contributed by atoms with E-state index in [1.807, 2.05) is 0 Å². The van der Waals surface area contributed by atoms with Crippen LogP contribution in [0.3, 0.4) is 0 Å². The monoisotopic (exact) mass is 257 g/mol. The molecule has 0 radical (unpaired) electrons. The lowest BCUT2D eigenvalue weighted by molar-refractivity contribution is -0.384. The number of hydrogen-bond acceptors (Lipinski definition) is 4. The molecule has 1 heterocycles. The molecular weight excluding hydrogens is 250 g/mol. The van der Waals surface area contributed by atoms with Crippen molar-refractivity contribution < 1.29 is 4.92 Å². The predicted molar refractivity (Wildman–Crippen MR) is 55.2 cm³/mol. The van der Waals surface area contributed by atoms with Crippen LogP contribution >= 0.6 is 15.9 Å². The van der Waals surface area contributed by atoms with Gasteiger partial charge in [0.05, 0.1) is 17.2 Å². The molecule has 1 aliphatic carbocycles. The molecule has 1 N–H and O–H groups in total. The van der Waals surface area contributed by atoms with Crippen molar-refractivity contribution >= 4 is 27.3 Å². The molecule has 1 aromatic rings. The third-order valence-corrected chi connectivity index (χ3v) is 2.42. The summed E-state index contributed by atoms with van der Waals surface area (Å²) in [5.41, 5.74) is 0.569. The molecule has 0 bridgehead atoms. The summed E-state index contributed by atoms with van der Waals surface area (Å²) in [6, 6.07) is 1.79. The maximum absolute atomic E-state index is 10.7. The van der Waals surface area contributed by atoms with Crippen LogP contribution in [0.2, 0.25) is 0 Å². The van der Waals surface area contributed by atoms with E-state index in [2.05, 4.69) is 26.2 Å². The molecule has 1 fully saturated rings. The summed E-state index contributed by atoms with van der Waals surface area (Å²) >= 11 is 3.10. The van der Waals surface area contributed by atoms with Crippen molar-refractivity contribution in [1.82, 2.24) is 4.98 Å². The Morgan fingerprint density at radius 3 is 2.93 bits per heavy atom. The van der Waals surface area contributed by atoms with Gasteiger partial charge in [-0.25, -0.2) is 4.98 Å². The zero-order valence-electron chi connectivity index (χ0n) is 7.24. The third-order valence-electron chi connectivity index (χ3n) is 1.98. The molecule has 0 aliphatic heterocycles. The third kappa shape index (κ3) is 2.01. The molecule has 2 rings (SSSR count). The van der Waals surface area contributed by atoms with E-state index in [1.54, 1.807) is 0 Å². The average Bonchev–Trinajstić information content (AvgIpc) is 2.91. The molecule has 1 saturated carbocycles. The molecule has 1 aromatic heterocycles. The Morgan fingerprint density at radius 1 is 1.64 bits per heavy atom. The van der Waals surface area contributed by atoms with Gasteiger partial charge in [0.2, 0.25) is 0 Å². The minimum Gasteiger partial charge on any atom is -0.375 e. The van der Waals surface area contributed by atoms with E-state index in [9.17, 15) is 10.1 Å². The molecule has 0 amide bonds. The number of hydrogen-bond donors (Lipinski definition) is 1. The minimum absolute atomic E-state index is 0.0683. The van der Waals surface area contributed by atoms with Crippen molar-refractivity contribution in [3.63, 3.8) is 0 Å². The summed E-state index contributed by atoms with van der Waals surface area (Å²) in [6.07, 6.45) is 3.64. The van der Waals surface area contributed by atoms with Gasteiger partial charge in [-0.15, -0.1) is 0 Å². The van der Waals surface area contributed by atoms with Gasteiger partial charge >= 0.3 is 0 Å². The number of rotatable bonds is 3. The zero-order chi connectivity index (χ0) is 10.1. The standard InChI is InChI=1S/C8H8BrN3O2/c9-8-3-7(12(13)14)6(4-10-8)11-5-1-2-5/h3-5,11H,1-2H2. The molecule has 0 unspecified atom stereocenters. The number of nitrogens with zero attached hydrogens (tertiary/aromatic N) is 2. The second-order valence-corrected chi connectivity index (χ2v) is 4.01. The number of anilines is 1. The second-order valence-electron chi connectivity index (χ2n) is 3.20. The van der Waals surface area contributed by atoms with Gasteiger partial charge in [-0.05, 0) is 28.8 Å². The molecule has 0 atom stereocenters. The zero-order valence-corrected chi connectivity index (χ0v) is 8.82. The van der Waals surface area contributed by atoms with Gasteiger partial charge in [0, 0.05) is 6.04 Å². The number of nitro groups is 1. The van der Waals surface area contributed by atoms with Crippen LogP contribution in [0.15, 0.2) is 16.9 Å². The van der Waals surface area contributed by atoms with E-state index in [0.29, 0.717) is 16.3 Å². The average molecular weight is 258 g/mol. The molecule has 6 heteroatoms. The number of halogens is 1. The summed E-state index contributed by atoms with van der Waals surface area (Å²) in [4.78, 5) is 14.2. The van der Waals surface area contributed by atoms with Crippen molar-refractivity contribution in [2.24, 2.45) is 0 Å². The van der Waals surface area contributed by atoms with Crippen LogP contribution in [0, 0.1) is 10.1 Å². The van der Waals surface area contributed by atoms with Crippen LogP contribution in [-0.2, 0) is 0 Å². The molecule has 5 nitrogen and oxygen atoms in total. The van der Waals surface area contributed by atoms with Gasteiger partial charge < -0.3 is 5.32 Å². The highest BCUT2D eigenvalue weighted by molar-refractivity contribution is 9.10. The maximum atomic E-state index is 10.7. The van der Waals surface area contributed by atoms with Crippen LogP contribution in [0.25, 0.3) is 0 Å². The Kier molecular flexibility index (Phi) is 2.37. The summed E-state index contributed by atoms with van der Waals surface area (Å²) in [7, 11) is 0. The summed E-state index contributed by atoms with van der Waals surface area (Å²) < 4.78 is 0.477. The smallest absolute Gasteiger partial charge is 0.296 e. The van der Waals surface area contributed by atoms with Crippen molar-refractivity contribution in [1.29, 1.82) is 0 Å². The minimum atomic E-state index is -0.406. The molecule has 1 aliphatic rings. The van der Waals surface area contributed by atoms with Gasteiger partial charge in [-0.3, -0.25) is 10.1 Å². The first-order valence-corrected chi connectivity index (χ1v) is 5.02. The quantitative estimate of drug-likeness (QED) is 0.513. The Hall–Kier alpha value is -1.17. The fourth-order valence-electron chi connectivity index (χ4n) is 1.13. The van der Waals surface area contributed by atoms with Crippen LogP contribution in [-0.4, -0.2) is 15.9 Å². The van der Waals surface area contributed by atoms with Crippen LogP contribution < -0.4 is 5.32 Å². The van der Waals surface area contributed by atoms with Crippen LogP contribution in [0.1, 0.15) is 12.8 Å². The molecule has 14 heavy (non-hydrogen) atoms. The Morgan fingerprint density at radius 2 is 2.36 bits per heavy atom. The molecule has 74 valence electrons. The number of pyridine rings is 1. The first kappa shape index (κ1) is 9.39. The molecule has 0 spiro atoms. The van der Waals surface area contributed by atoms with Crippen LogP contribution in [0.4, 0.5) is 11.4 Å². The van der Waals surface area contributed by atoms with Gasteiger partial charge in [-0.2, -0.15) is 0 Å². The van der Waals surface area contributed by atoms with Gasteiger partial charge in [-0.1, -0.05) is 0 Å². The van der Waals surface area contributed by atoms with E-state index in [0.717, 1.165) is 12.8 Å². The van der Waals surface area contributed by atoms with Crippen molar-refractivity contribution in [3.8, 4) is 0 Å². The normalized spacial score (nSPS) is 15.2. The van der Waals surface area contributed by atoms with Crippen LogP contribution in [0.5, 0.6) is 0 Å². The SMILES string of the molecule is O=[N+]([O-])c1cc(Br)ncc1NC1CC1. The van der Waals surface area contributed by atoms with Gasteiger partial charge in [0.15, 0.2) is 0 Å². The first-order valence-electron chi connectivity index (χ1n) is 4.23. The summed E-state index contributed by atoms with van der Waals surface area (Å²) in [5.74, 6) is 0. The fraction of sp³-hybridized carbons (Fsp3) is 0.375.